The van der Waals surface area contributed by atoms with E-state index in [1.165, 1.54) is 17.0 Å². The lowest BCUT2D eigenvalue weighted by Crippen LogP contribution is -2.60. The van der Waals surface area contributed by atoms with Gasteiger partial charge in [0.2, 0.25) is 11.8 Å². The van der Waals surface area contributed by atoms with Crippen molar-refractivity contribution in [2.24, 2.45) is 23.3 Å². The smallest absolute Gasteiger partial charge is 0.242 e. The lowest BCUT2D eigenvalue weighted by atomic mass is 9.88. The van der Waals surface area contributed by atoms with Crippen LogP contribution in [0.3, 0.4) is 0 Å². The molecule has 2 unspecified atom stereocenters. The van der Waals surface area contributed by atoms with Crippen LogP contribution >= 0.6 is 0 Å². The summed E-state index contributed by atoms with van der Waals surface area (Å²) in [6.45, 7) is 7.21. The van der Waals surface area contributed by atoms with E-state index >= 15 is 0 Å². The molecule has 0 fully saturated rings. The molecule has 1 aliphatic heterocycles. The van der Waals surface area contributed by atoms with Crippen molar-refractivity contribution in [2.45, 2.75) is 58.4 Å². The lowest BCUT2D eigenvalue weighted by molar-refractivity contribution is -0.140. The summed E-state index contributed by atoms with van der Waals surface area (Å²) >= 11 is 0. The van der Waals surface area contributed by atoms with E-state index in [-0.39, 0.29) is 29.6 Å². The summed E-state index contributed by atoms with van der Waals surface area (Å²) in [5.74, 6) is -2.59. The van der Waals surface area contributed by atoms with Gasteiger partial charge in [-0.1, -0.05) is 45.9 Å². The van der Waals surface area contributed by atoms with Gasteiger partial charge in [-0.3, -0.25) is 9.59 Å². The van der Waals surface area contributed by atoms with E-state index in [0.717, 1.165) is 18.2 Å². The van der Waals surface area contributed by atoms with Crippen molar-refractivity contribution in [1.29, 1.82) is 0 Å². The fraction of sp³-hybridized carbons (Fsp3) is 0.407. The van der Waals surface area contributed by atoms with Crippen LogP contribution in [0.15, 0.2) is 48.5 Å². The van der Waals surface area contributed by atoms with Crippen LogP contribution in [-0.2, 0) is 9.59 Å². The summed E-state index contributed by atoms with van der Waals surface area (Å²) in [6.07, 6.45) is 0.695. The molecule has 0 aliphatic carbocycles. The van der Waals surface area contributed by atoms with Crippen LogP contribution in [0.5, 0.6) is 5.75 Å². The molecule has 0 radical (unpaired) electrons. The van der Waals surface area contributed by atoms with Crippen molar-refractivity contribution in [3.63, 3.8) is 0 Å². The minimum Gasteiger partial charge on any atom is -0.508 e. The maximum absolute atomic E-state index is 14.8. The molecule has 194 valence electrons. The van der Waals surface area contributed by atoms with Crippen LogP contribution in [0.1, 0.15) is 51.3 Å². The number of aromatic hydroxyl groups is 1. The first kappa shape index (κ1) is 27.3. The Hall–Kier alpha value is -3.30. The Labute approximate surface area is 210 Å². The average molecular weight is 501 g/mol. The number of carbonyl (C=O) groups excluding carboxylic acids is 2. The van der Waals surface area contributed by atoms with Crippen molar-refractivity contribution < 1.29 is 23.5 Å². The number of benzene rings is 2. The van der Waals surface area contributed by atoms with Crippen LogP contribution in [0.25, 0.3) is 5.57 Å². The lowest BCUT2D eigenvalue weighted by Gasteiger charge is -2.43. The number of amides is 2. The van der Waals surface area contributed by atoms with Crippen molar-refractivity contribution >= 4 is 17.4 Å². The summed E-state index contributed by atoms with van der Waals surface area (Å²) in [4.78, 5) is 28.1. The van der Waals surface area contributed by atoms with E-state index in [1.54, 1.807) is 32.1 Å². The molecule has 9 heteroatoms. The zero-order valence-corrected chi connectivity index (χ0v) is 20.9. The maximum Gasteiger partial charge on any atom is 0.242 e. The van der Waals surface area contributed by atoms with Gasteiger partial charge in [-0.05, 0) is 53.3 Å². The zero-order valence-electron chi connectivity index (χ0n) is 20.9. The second-order valence-electron chi connectivity index (χ2n) is 9.87. The first-order valence-electron chi connectivity index (χ1n) is 12.0. The fourth-order valence-corrected chi connectivity index (χ4v) is 4.18. The van der Waals surface area contributed by atoms with Crippen molar-refractivity contribution in [3.8, 4) is 5.75 Å². The first-order chi connectivity index (χ1) is 16.9. The van der Waals surface area contributed by atoms with E-state index in [2.05, 4.69) is 5.32 Å². The Morgan fingerprint density at radius 3 is 2.31 bits per heavy atom. The van der Waals surface area contributed by atoms with E-state index in [1.807, 2.05) is 13.8 Å². The normalized spacial score (nSPS) is 19.7. The standard InChI is InChI=1S/C27H34F2N4O3/c1-14(2)24(30)26(35)32-23-12-17(20-13-18(28)8-9-21(20)29)11-22(16-6-5-7-19(34)10-16)33(23)27(36)25(31)15(3)4/h5-11,13-15,22-25,34H,12,30-31H2,1-4H3,(H,32,35)/t22?,23?,24-,25-/m0/s1. The van der Waals surface area contributed by atoms with E-state index in [4.69, 9.17) is 11.5 Å². The molecule has 2 aromatic carbocycles. The van der Waals surface area contributed by atoms with Crippen molar-refractivity contribution in [2.75, 3.05) is 0 Å². The van der Waals surface area contributed by atoms with Gasteiger partial charge in [0.05, 0.1) is 18.1 Å². The molecule has 0 spiro atoms. The number of carbonyl (C=O) groups is 2. The van der Waals surface area contributed by atoms with Crippen LogP contribution < -0.4 is 16.8 Å². The third-order valence-corrected chi connectivity index (χ3v) is 6.48. The molecule has 2 aromatic rings. The summed E-state index contributed by atoms with van der Waals surface area (Å²) in [5, 5.41) is 13.0. The molecule has 3 rings (SSSR count). The molecule has 1 heterocycles. The van der Waals surface area contributed by atoms with Crippen LogP contribution in [0, 0.1) is 23.5 Å². The van der Waals surface area contributed by atoms with Gasteiger partial charge in [0.1, 0.15) is 23.5 Å². The fourth-order valence-electron chi connectivity index (χ4n) is 4.18. The molecule has 6 N–H and O–H groups in total. The second-order valence-corrected chi connectivity index (χ2v) is 9.87. The molecular formula is C27H34F2N4O3. The number of nitrogens with zero attached hydrogens (tertiary/aromatic N) is 1. The van der Waals surface area contributed by atoms with Crippen LogP contribution in [-0.4, -0.2) is 40.1 Å². The number of phenols is 1. The largest absolute Gasteiger partial charge is 0.508 e. The highest BCUT2D eigenvalue weighted by atomic mass is 19.1. The van der Waals surface area contributed by atoms with Crippen LogP contribution in [0.2, 0.25) is 0 Å². The summed E-state index contributed by atoms with van der Waals surface area (Å²) in [6, 6.07) is 6.84. The minimum absolute atomic E-state index is 0.00278. The van der Waals surface area contributed by atoms with Gasteiger partial charge in [-0.2, -0.15) is 0 Å². The number of phenolic OH excluding ortho intramolecular Hbond substituents is 1. The third-order valence-electron chi connectivity index (χ3n) is 6.48. The van der Waals surface area contributed by atoms with Gasteiger partial charge in [0, 0.05) is 12.0 Å². The molecule has 36 heavy (non-hydrogen) atoms. The Morgan fingerprint density at radius 2 is 1.69 bits per heavy atom. The molecule has 2 amide bonds. The molecule has 7 nitrogen and oxygen atoms in total. The maximum atomic E-state index is 14.8. The highest BCUT2D eigenvalue weighted by molar-refractivity contribution is 5.87. The SMILES string of the molecule is CC(C)[C@H](N)C(=O)NC1CC(c2cc(F)ccc2F)=CC(c2cccc(O)c2)N1C(=O)[C@@H](N)C(C)C. The molecule has 1 aliphatic rings. The molecule has 0 saturated heterocycles. The number of nitrogens with two attached hydrogens (primary N) is 2. The molecular weight excluding hydrogens is 466 g/mol. The molecule has 4 atom stereocenters. The van der Waals surface area contributed by atoms with E-state index < -0.39 is 47.7 Å². The van der Waals surface area contributed by atoms with Crippen molar-refractivity contribution in [3.05, 3.63) is 71.3 Å². The molecule has 0 aromatic heterocycles. The van der Waals surface area contributed by atoms with Gasteiger partial charge >= 0.3 is 0 Å². The minimum atomic E-state index is -0.949. The van der Waals surface area contributed by atoms with Crippen LogP contribution in [0.4, 0.5) is 8.78 Å². The highest BCUT2D eigenvalue weighted by Crippen LogP contribution is 2.38. The van der Waals surface area contributed by atoms with Gasteiger partial charge in [-0.15, -0.1) is 0 Å². The number of nitrogens with one attached hydrogen (secondary N) is 1. The Kier molecular flexibility index (Phi) is 8.47. The molecule has 0 saturated carbocycles. The highest BCUT2D eigenvalue weighted by Gasteiger charge is 2.40. The van der Waals surface area contributed by atoms with Crippen molar-refractivity contribution in [1.82, 2.24) is 10.2 Å². The van der Waals surface area contributed by atoms with Gasteiger partial charge in [0.15, 0.2) is 0 Å². The van der Waals surface area contributed by atoms with Gasteiger partial charge in [0.25, 0.3) is 0 Å². The van der Waals surface area contributed by atoms with E-state index in [9.17, 15) is 23.5 Å². The first-order valence-corrected chi connectivity index (χ1v) is 12.0. The monoisotopic (exact) mass is 500 g/mol. The predicted octanol–water partition coefficient (Wildman–Crippen LogP) is 3.44. The summed E-state index contributed by atoms with van der Waals surface area (Å²) < 4.78 is 28.9. The average Bonchev–Trinajstić information content (AvgIpc) is 2.83. The number of halogens is 2. The van der Waals surface area contributed by atoms with E-state index in [0.29, 0.717) is 11.1 Å². The Balaban J connectivity index is 2.19. The Morgan fingerprint density at radius 1 is 1.03 bits per heavy atom. The second kappa shape index (κ2) is 11.2. The quantitative estimate of drug-likeness (QED) is 0.464. The third kappa shape index (κ3) is 5.91. The number of hydrogen-bond acceptors (Lipinski definition) is 5. The summed E-state index contributed by atoms with van der Waals surface area (Å²) in [5.41, 5.74) is 13.2. The Bertz CT molecular complexity index is 1150. The van der Waals surface area contributed by atoms with Gasteiger partial charge in [-0.25, -0.2) is 8.78 Å². The number of rotatable bonds is 7. The number of hydrogen-bond donors (Lipinski definition) is 4. The zero-order chi connectivity index (χ0) is 26.7. The topological polar surface area (TPSA) is 122 Å². The summed E-state index contributed by atoms with van der Waals surface area (Å²) in [7, 11) is 0. The molecule has 0 bridgehead atoms. The predicted molar refractivity (Wildman–Crippen MR) is 134 cm³/mol. The van der Waals surface area contributed by atoms with Gasteiger partial charge < -0.3 is 26.8 Å².